The molecule has 0 spiro atoms. The third-order valence-electron chi connectivity index (χ3n) is 3.89. The zero-order valence-electron chi connectivity index (χ0n) is 13.3. The normalized spacial score (nSPS) is 13.2. The lowest BCUT2D eigenvalue weighted by Gasteiger charge is -2.20. The molecule has 0 fully saturated rings. The summed E-state index contributed by atoms with van der Waals surface area (Å²) in [6, 6.07) is 15.2. The van der Waals surface area contributed by atoms with Crippen LogP contribution in [0.5, 0.6) is 0 Å². The Morgan fingerprint density at radius 1 is 1.05 bits per heavy atom. The fourth-order valence-corrected chi connectivity index (χ4v) is 2.66. The first-order valence-electron chi connectivity index (χ1n) is 7.38. The molecule has 112 valence electrons. The summed E-state index contributed by atoms with van der Waals surface area (Å²) in [6.07, 6.45) is 0.867. The highest BCUT2D eigenvalue weighted by Gasteiger charge is 2.14. The van der Waals surface area contributed by atoms with Crippen LogP contribution in [0.25, 0.3) is 0 Å². The summed E-state index contributed by atoms with van der Waals surface area (Å²) in [5, 5.41) is 0. The first-order valence-corrected chi connectivity index (χ1v) is 8.18. The highest BCUT2D eigenvalue weighted by molar-refractivity contribution is 9.10. The zero-order chi connectivity index (χ0) is 15.6. The maximum absolute atomic E-state index is 6.35. The van der Waals surface area contributed by atoms with Crippen LogP contribution in [0.2, 0.25) is 0 Å². The van der Waals surface area contributed by atoms with Gasteiger partial charge in [-0.2, -0.15) is 0 Å². The molecule has 0 radical (unpaired) electrons. The molecule has 21 heavy (non-hydrogen) atoms. The number of halogens is 1. The second-order valence-corrected chi connectivity index (χ2v) is 7.62. The summed E-state index contributed by atoms with van der Waals surface area (Å²) in [4.78, 5) is 0. The molecule has 2 N–H and O–H groups in total. The van der Waals surface area contributed by atoms with E-state index in [1.807, 2.05) is 0 Å². The van der Waals surface area contributed by atoms with Crippen molar-refractivity contribution in [1.82, 2.24) is 0 Å². The van der Waals surface area contributed by atoms with Gasteiger partial charge in [-0.05, 0) is 47.1 Å². The maximum atomic E-state index is 6.35. The van der Waals surface area contributed by atoms with Crippen LogP contribution in [0.3, 0.4) is 0 Å². The summed E-state index contributed by atoms with van der Waals surface area (Å²) < 4.78 is 1.13. The summed E-state index contributed by atoms with van der Waals surface area (Å²) in [6.45, 7) is 8.80. The lowest BCUT2D eigenvalue weighted by molar-refractivity contribution is 0.589. The van der Waals surface area contributed by atoms with E-state index in [-0.39, 0.29) is 11.5 Å². The minimum Gasteiger partial charge on any atom is -0.324 e. The van der Waals surface area contributed by atoms with Crippen molar-refractivity contribution >= 4 is 15.9 Å². The summed E-state index contributed by atoms with van der Waals surface area (Å²) >= 11 is 3.53. The van der Waals surface area contributed by atoms with Crippen LogP contribution in [0.4, 0.5) is 0 Å². The minimum atomic E-state index is 0.0392. The number of benzene rings is 2. The minimum absolute atomic E-state index is 0.0392. The van der Waals surface area contributed by atoms with Gasteiger partial charge in [0.1, 0.15) is 0 Å². The standard InChI is InChI=1S/C19H24BrN/c1-13-11-15(7-10-17(13)20)18(21)12-14-5-8-16(9-6-14)19(2,3)4/h5-11,18H,12,21H2,1-4H3. The molecule has 2 aromatic rings. The number of rotatable bonds is 3. The lowest BCUT2D eigenvalue weighted by Crippen LogP contribution is -2.14. The number of hydrogen-bond donors (Lipinski definition) is 1. The van der Waals surface area contributed by atoms with Gasteiger partial charge < -0.3 is 5.73 Å². The molecule has 0 saturated carbocycles. The fraction of sp³-hybridized carbons (Fsp3) is 0.368. The molecule has 0 aliphatic rings. The van der Waals surface area contributed by atoms with Crippen molar-refractivity contribution in [2.45, 2.75) is 45.6 Å². The molecule has 2 heteroatoms. The molecule has 0 saturated heterocycles. The van der Waals surface area contributed by atoms with Crippen molar-refractivity contribution < 1.29 is 0 Å². The van der Waals surface area contributed by atoms with Gasteiger partial charge in [-0.15, -0.1) is 0 Å². The van der Waals surface area contributed by atoms with E-state index in [9.17, 15) is 0 Å². The second-order valence-electron chi connectivity index (χ2n) is 6.77. The largest absolute Gasteiger partial charge is 0.324 e. The van der Waals surface area contributed by atoms with E-state index in [1.165, 1.54) is 22.3 Å². The smallest absolute Gasteiger partial charge is 0.0335 e. The number of nitrogens with two attached hydrogens (primary N) is 1. The van der Waals surface area contributed by atoms with E-state index in [0.717, 1.165) is 10.9 Å². The highest BCUT2D eigenvalue weighted by atomic mass is 79.9. The lowest BCUT2D eigenvalue weighted by atomic mass is 9.86. The highest BCUT2D eigenvalue weighted by Crippen LogP contribution is 2.25. The first-order chi connectivity index (χ1) is 9.77. The molecule has 1 atom stereocenters. The fourth-order valence-electron chi connectivity index (χ4n) is 2.41. The van der Waals surface area contributed by atoms with Gasteiger partial charge in [-0.3, -0.25) is 0 Å². The molecular formula is C19H24BrN. The van der Waals surface area contributed by atoms with Crippen LogP contribution in [0, 0.1) is 6.92 Å². The number of aryl methyl sites for hydroxylation is 1. The Balaban J connectivity index is 2.12. The SMILES string of the molecule is Cc1cc(C(N)Cc2ccc(C(C)(C)C)cc2)ccc1Br. The monoisotopic (exact) mass is 345 g/mol. The molecule has 0 aromatic heterocycles. The van der Waals surface area contributed by atoms with Gasteiger partial charge in [0.2, 0.25) is 0 Å². The molecule has 1 nitrogen and oxygen atoms in total. The Labute approximate surface area is 136 Å². The number of hydrogen-bond acceptors (Lipinski definition) is 1. The Morgan fingerprint density at radius 3 is 2.19 bits per heavy atom. The molecule has 0 aliphatic heterocycles. The van der Waals surface area contributed by atoms with Gasteiger partial charge in [0.25, 0.3) is 0 Å². The van der Waals surface area contributed by atoms with Crippen molar-refractivity contribution in [3.05, 3.63) is 69.2 Å². The Kier molecular flexibility index (Phi) is 4.90. The van der Waals surface area contributed by atoms with E-state index in [2.05, 4.69) is 86.1 Å². The topological polar surface area (TPSA) is 26.0 Å². The molecule has 0 amide bonds. The molecule has 0 aliphatic carbocycles. The zero-order valence-corrected chi connectivity index (χ0v) is 14.9. The summed E-state index contributed by atoms with van der Waals surface area (Å²) in [5.41, 5.74) is 11.6. The van der Waals surface area contributed by atoms with Crippen LogP contribution in [0.1, 0.15) is 49.1 Å². The summed E-state index contributed by atoms with van der Waals surface area (Å²) in [7, 11) is 0. The van der Waals surface area contributed by atoms with Gasteiger partial charge in [-0.1, -0.05) is 73.1 Å². The predicted octanol–water partition coefficient (Wildman–Crippen LogP) is 5.30. The predicted molar refractivity (Wildman–Crippen MR) is 94.7 cm³/mol. The molecule has 0 heterocycles. The van der Waals surface area contributed by atoms with Crippen molar-refractivity contribution in [1.29, 1.82) is 0 Å². The Morgan fingerprint density at radius 2 is 1.67 bits per heavy atom. The van der Waals surface area contributed by atoms with Crippen molar-refractivity contribution in [3.63, 3.8) is 0 Å². The van der Waals surface area contributed by atoms with Gasteiger partial charge in [0.15, 0.2) is 0 Å². The summed E-state index contributed by atoms with van der Waals surface area (Å²) in [5.74, 6) is 0. The first kappa shape index (κ1) is 16.3. The van der Waals surface area contributed by atoms with Gasteiger partial charge >= 0.3 is 0 Å². The van der Waals surface area contributed by atoms with Crippen molar-refractivity contribution in [2.24, 2.45) is 5.73 Å². The Hall–Kier alpha value is -1.12. The third kappa shape index (κ3) is 4.18. The molecular weight excluding hydrogens is 322 g/mol. The average molecular weight is 346 g/mol. The average Bonchev–Trinajstić information content (AvgIpc) is 2.41. The van der Waals surface area contributed by atoms with E-state index >= 15 is 0 Å². The second kappa shape index (κ2) is 6.33. The molecule has 0 bridgehead atoms. The molecule has 2 aromatic carbocycles. The van der Waals surface area contributed by atoms with E-state index in [0.29, 0.717) is 0 Å². The molecule has 2 rings (SSSR count). The van der Waals surface area contributed by atoms with E-state index in [4.69, 9.17) is 5.73 Å². The van der Waals surface area contributed by atoms with Crippen LogP contribution in [-0.4, -0.2) is 0 Å². The van der Waals surface area contributed by atoms with Gasteiger partial charge in [0.05, 0.1) is 0 Å². The van der Waals surface area contributed by atoms with E-state index in [1.54, 1.807) is 0 Å². The van der Waals surface area contributed by atoms with Crippen LogP contribution < -0.4 is 5.73 Å². The van der Waals surface area contributed by atoms with Crippen LogP contribution in [-0.2, 0) is 11.8 Å². The molecule has 1 unspecified atom stereocenters. The maximum Gasteiger partial charge on any atom is 0.0335 e. The van der Waals surface area contributed by atoms with Gasteiger partial charge in [0, 0.05) is 10.5 Å². The quantitative estimate of drug-likeness (QED) is 0.802. The van der Waals surface area contributed by atoms with Crippen molar-refractivity contribution in [2.75, 3.05) is 0 Å². The van der Waals surface area contributed by atoms with Crippen LogP contribution >= 0.6 is 15.9 Å². The van der Waals surface area contributed by atoms with Crippen LogP contribution in [0.15, 0.2) is 46.9 Å². The third-order valence-corrected chi connectivity index (χ3v) is 4.78. The van der Waals surface area contributed by atoms with Crippen molar-refractivity contribution in [3.8, 4) is 0 Å². The van der Waals surface area contributed by atoms with Gasteiger partial charge in [-0.25, -0.2) is 0 Å². The van der Waals surface area contributed by atoms with E-state index < -0.39 is 0 Å². The Bertz CT molecular complexity index is 608.